The predicted octanol–water partition coefficient (Wildman–Crippen LogP) is 4.20. The van der Waals surface area contributed by atoms with E-state index in [1.165, 1.54) is 5.39 Å². The Bertz CT molecular complexity index is 1060. The van der Waals surface area contributed by atoms with Gasteiger partial charge in [-0.05, 0) is 67.4 Å². The van der Waals surface area contributed by atoms with E-state index in [2.05, 4.69) is 34.9 Å². The van der Waals surface area contributed by atoms with E-state index in [9.17, 15) is 9.59 Å². The Morgan fingerprint density at radius 1 is 0.900 bits per heavy atom. The zero-order chi connectivity index (χ0) is 21.7. The highest BCUT2D eigenvalue weighted by atomic mass is 16.2. The number of anilines is 1. The van der Waals surface area contributed by atoms with Crippen LogP contribution in [-0.2, 0) is 9.59 Å². The number of carbonyl (C=O) groups is 2. The molecule has 156 valence electrons. The van der Waals surface area contributed by atoms with Gasteiger partial charge < -0.3 is 10.6 Å². The van der Waals surface area contributed by atoms with Crippen molar-refractivity contribution in [3.8, 4) is 0 Å². The van der Waals surface area contributed by atoms with Crippen molar-refractivity contribution < 1.29 is 9.59 Å². The molecule has 0 radical (unpaired) electrons. The van der Waals surface area contributed by atoms with Gasteiger partial charge in [-0.15, -0.1) is 0 Å². The molecule has 0 aliphatic heterocycles. The molecule has 0 fully saturated rings. The number of nitrogens with one attached hydrogen (secondary N) is 2. The third-order valence-electron chi connectivity index (χ3n) is 5.36. The Kier molecular flexibility index (Phi) is 6.85. The number of likely N-dealkylation sites (N-methyl/N-ethyl adjacent to an activating group) is 1. The predicted molar refractivity (Wildman–Crippen MR) is 123 cm³/mol. The molecule has 1 atom stereocenters. The van der Waals surface area contributed by atoms with E-state index in [1.54, 1.807) is 11.9 Å². The molecule has 0 aliphatic rings. The molecule has 2 N–H and O–H groups in total. The summed E-state index contributed by atoms with van der Waals surface area (Å²) in [4.78, 5) is 26.5. The molecule has 0 bridgehead atoms. The molecule has 5 nitrogen and oxygen atoms in total. The van der Waals surface area contributed by atoms with Crippen LogP contribution >= 0.6 is 0 Å². The molecule has 0 aliphatic carbocycles. The van der Waals surface area contributed by atoms with Gasteiger partial charge in [0.05, 0.1) is 19.1 Å². The Morgan fingerprint density at radius 3 is 2.37 bits per heavy atom. The van der Waals surface area contributed by atoms with Crippen molar-refractivity contribution in [3.05, 3.63) is 77.4 Å². The minimum absolute atomic E-state index is 0.112. The van der Waals surface area contributed by atoms with E-state index < -0.39 is 0 Å². The number of hydrogen-bond donors (Lipinski definition) is 2. The first kappa shape index (κ1) is 21.5. The lowest BCUT2D eigenvalue weighted by molar-refractivity contribution is -0.123. The molecule has 3 aromatic carbocycles. The minimum atomic E-state index is -0.137. The third-order valence-corrected chi connectivity index (χ3v) is 5.36. The van der Waals surface area contributed by atoms with Crippen molar-refractivity contribution in [2.75, 3.05) is 25.5 Å². The van der Waals surface area contributed by atoms with Gasteiger partial charge in [-0.1, -0.05) is 48.5 Å². The molecule has 0 saturated heterocycles. The van der Waals surface area contributed by atoms with E-state index >= 15 is 0 Å². The highest BCUT2D eigenvalue weighted by Crippen LogP contribution is 2.20. The maximum Gasteiger partial charge on any atom is 0.238 e. The van der Waals surface area contributed by atoms with Crippen LogP contribution in [0.15, 0.2) is 60.7 Å². The van der Waals surface area contributed by atoms with Crippen LogP contribution in [0.4, 0.5) is 5.69 Å². The first-order valence-electron chi connectivity index (χ1n) is 10.2. The first-order valence-corrected chi connectivity index (χ1v) is 10.2. The van der Waals surface area contributed by atoms with Crippen molar-refractivity contribution in [1.29, 1.82) is 0 Å². The average Bonchev–Trinajstić information content (AvgIpc) is 2.70. The summed E-state index contributed by atoms with van der Waals surface area (Å²) in [6.07, 6.45) is 0. The number of fused-ring (bicyclic) bond motifs is 1. The molecule has 30 heavy (non-hydrogen) atoms. The summed E-state index contributed by atoms with van der Waals surface area (Å²) in [5.74, 6) is -0.251. The molecule has 0 heterocycles. The van der Waals surface area contributed by atoms with Gasteiger partial charge in [-0.2, -0.15) is 0 Å². The number of carbonyl (C=O) groups excluding carboxylic acids is 2. The third kappa shape index (κ3) is 5.45. The summed E-state index contributed by atoms with van der Waals surface area (Å²) < 4.78 is 0. The molecule has 2 amide bonds. The lowest BCUT2D eigenvalue weighted by atomic mass is 10.0. The molecule has 0 saturated carbocycles. The van der Waals surface area contributed by atoms with Gasteiger partial charge in [0.25, 0.3) is 0 Å². The Labute approximate surface area is 178 Å². The van der Waals surface area contributed by atoms with E-state index in [0.717, 1.165) is 27.8 Å². The number of rotatable bonds is 7. The highest BCUT2D eigenvalue weighted by molar-refractivity contribution is 5.93. The van der Waals surface area contributed by atoms with E-state index in [-0.39, 0.29) is 30.9 Å². The summed E-state index contributed by atoms with van der Waals surface area (Å²) in [7, 11) is 1.77. The van der Waals surface area contributed by atoms with Crippen molar-refractivity contribution >= 4 is 28.3 Å². The Hall–Kier alpha value is -3.18. The largest absolute Gasteiger partial charge is 0.348 e. The van der Waals surface area contributed by atoms with Crippen LogP contribution in [0.3, 0.4) is 0 Å². The van der Waals surface area contributed by atoms with Crippen LogP contribution in [0.5, 0.6) is 0 Å². The van der Waals surface area contributed by atoms with Crippen molar-refractivity contribution in [2.45, 2.75) is 26.8 Å². The first-order chi connectivity index (χ1) is 14.3. The van der Waals surface area contributed by atoms with E-state index in [1.807, 2.05) is 57.2 Å². The van der Waals surface area contributed by atoms with Crippen LogP contribution < -0.4 is 10.6 Å². The summed E-state index contributed by atoms with van der Waals surface area (Å²) in [5, 5.41) is 8.27. The molecule has 3 rings (SSSR count). The number of amides is 2. The summed E-state index contributed by atoms with van der Waals surface area (Å²) in [5.41, 5.74) is 4.04. The van der Waals surface area contributed by atoms with E-state index in [4.69, 9.17) is 0 Å². The lowest BCUT2D eigenvalue weighted by Gasteiger charge is -2.19. The topological polar surface area (TPSA) is 61.4 Å². The lowest BCUT2D eigenvalue weighted by Crippen LogP contribution is -2.39. The minimum Gasteiger partial charge on any atom is -0.348 e. The maximum absolute atomic E-state index is 12.5. The maximum atomic E-state index is 12.5. The van der Waals surface area contributed by atoms with Crippen LogP contribution in [-0.4, -0.2) is 36.9 Å². The van der Waals surface area contributed by atoms with Gasteiger partial charge in [0.15, 0.2) is 0 Å². The second-order valence-electron chi connectivity index (χ2n) is 7.86. The second-order valence-corrected chi connectivity index (χ2v) is 7.86. The molecular weight excluding hydrogens is 374 g/mol. The quantitative estimate of drug-likeness (QED) is 0.621. The zero-order valence-corrected chi connectivity index (χ0v) is 18.0. The summed E-state index contributed by atoms with van der Waals surface area (Å²) >= 11 is 0. The van der Waals surface area contributed by atoms with Gasteiger partial charge in [0, 0.05) is 5.69 Å². The molecule has 3 aromatic rings. The fraction of sp³-hybridized carbons (Fsp3) is 0.280. The van der Waals surface area contributed by atoms with Crippen LogP contribution in [0, 0.1) is 13.8 Å². The van der Waals surface area contributed by atoms with Crippen LogP contribution in [0.25, 0.3) is 10.8 Å². The summed E-state index contributed by atoms with van der Waals surface area (Å²) in [6, 6.07) is 20.1. The van der Waals surface area contributed by atoms with Gasteiger partial charge in [-0.3, -0.25) is 14.5 Å². The molecule has 0 spiro atoms. The highest BCUT2D eigenvalue weighted by Gasteiger charge is 2.15. The van der Waals surface area contributed by atoms with Crippen molar-refractivity contribution in [3.63, 3.8) is 0 Å². The smallest absolute Gasteiger partial charge is 0.238 e. The zero-order valence-electron chi connectivity index (χ0n) is 18.0. The second kappa shape index (κ2) is 9.55. The molecule has 0 unspecified atom stereocenters. The average molecular weight is 404 g/mol. The number of aryl methyl sites for hydroxylation is 1. The molecule has 0 aromatic heterocycles. The van der Waals surface area contributed by atoms with Gasteiger partial charge in [0.2, 0.25) is 11.8 Å². The molecular formula is C25H29N3O2. The monoisotopic (exact) mass is 403 g/mol. The van der Waals surface area contributed by atoms with E-state index in [0.29, 0.717) is 0 Å². The van der Waals surface area contributed by atoms with Gasteiger partial charge in [0.1, 0.15) is 0 Å². The van der Waals surface area contributed by atoms with Gasteiger partial charge in [-0.25, -0.2) is 0 Å². The fourth-order valence-corrected chi connectivity index (χ4v) is 3.47. The fourth-order valence-electron chi connectivity index (χ4n) is 3.47. The van der Waals surface area contributed by atoms with Crippen LogP contribution in [0.2, 0.25) is 0 Å². The molecule has 5 heteroatoms. The van der Waals surface area contributed by atoms with Gasteiger partial charge >= 0.3 is 0 Å². The Balaban J connectivity index is 1.52. The SMILES string of the molecule is Cc1cccc(NC(=O)CN(C)CC(=O)N[C@H](C)c2ccc3ccccc3c2)c1C. The standard InChI is InChI=1S/C25H29N3O2/c1-17-8-7-11-23(18(17)2)27-25(30)16-28(4)15-24(29)26-19(3)21-13-12-20-9-5-6-10-22(20)14-21/h5-14,19H,15-16H2,1-4H3,(H,26,29)(H,27,30)/t19-/m1/s1. The van der Waals surface area contributed by atoms with Crippen LogP contribution in [0.1, 0.15) is 29.7 Å². The normalized spacial score (nSPS) is 12.0. The number of hydrogen-bond acceptors (Lipinski definition) is 3. The number of benzene rings is 3. The summed E-state index contributed by atoms with van der Waals surface area (Å²) in [6.45, 7) is 6.26. The number of nitrogens with zero attached hydrogens (tertiary/aromatic N) is 1. The van der Waals surface area contributed by atoms with Crippen molar-refractivity contribution in [1.82, 2.24) is 10.2 Å². The van der Waals surface area contributed by atoms with Crippen molar-refractivity contribution in [2.24, 2.45) is 0 Å². The Morgan fingerprint density at radius 2 is 1.60 bits per heavy atom.